The van der Waals surface area contributed by atoms with Crippen molar-refractivity contribution < 1.29 is 9.53 Å². The zero-order chi connectivity index (χ0) is 12.8. The normalized spacial score (nSPS) is 9.76. The average molecular weight is 296 g/mol. The first kappa shape index (κ1) is 13.7. The van der Waals surface area contributed by atoms with Crippen molar-refractivity contribution in [2.45, 2.75) is 25.6 Å². The smallest absolute Gasteiger partial charge is 0.310 e. The minimum atomic E-state index is -0.295. The molecule has 0 spiro atoms. The van der Waals surface area contributed by atoms with Crippen molar-refractivity contribution in [3.63, 3.8) is 0 Å². The zero-order valence-electron chi connectivity index (χ0n) is 9.92. The summed E-state index contributed by atoms with van der Waals surface area (Å²) in [6, 6.07) is 5.76. The van der Waals surface area contributed by atoms with E-state index in [-0.39, 0.29) is 12.4 Å². The molecule has 0 aliphatic carbocycles. The molecule has 4 heteroatoms. The number of ether oxygens (including phenoxy) is 1. The van der Waals surface area contributed by atoms with Crippen LogP contribution in [0.1, 0.15) is 29.2 Å². The standard InChI is InChI=1S/C13H14BrNO2/c1-3-17-13(16)6-11-10(8-15)5-4-9(2)12(11)7-14/h4-5H,3,6-7H2,1-2H3. The molecule has 0 saturated heterocycles. The first-order chi connectivity index (χ1) is 8.13. The third-order valence-corrected chi connectivity index (χ3v) is 3.11. The lowest BCUT2D eigenvalue weighted by Crippen LogP contribution is -2.11. The van der Waals surface area contributed by atoms with Gasteiger partial charge >= 0.3 is 5.97 Å². The van der Waals surface area contributed by atoms with Crippen molar-refractivity contribution in [1.29, 1.82) is 5.26 Å². The van der Waals surface area contributed by atoms with Gasteiger partial charge in [0.1, 0.15) is 0 Å². The van der Waals surface area contributed by atoms with E-state index in [2.05, 4.69) is 22.0 Å². The van der Waals surface area contributed by atoms with Gasteiger partial charge in [0.2, 0.25) is 0 Å². The highest BCUT2D eigenvalue weighted by Crippen LogP contribution is 2.22. The van der Waals surface area contributed by atoms with E-state index in [0.29, 0.717) is 17.5 Å². The van der Waals surface area contributed by atoms with Crippen LogP contribution in [0.4, 0.5) is 0 Å². The Morgan fingerprint density at radius 3 is 2.71 bits per heavy atom. The Morgan fingerprint density at radius 2 is 2.18 bits per heavy atom. The maximum absolute atomic E-state index is 11.5. The summed E-state index contributed by atoms with van der Waals surface area (Å²) >= 11 is 3.39. The number of carbonyl (C=O) groups is 1. The Kier molecular flexibility index (Phi) is 5.17. The lowest BCUT2D eigenvalue weighted by atomic mass is 9.96. The van der Waals surface area contributed by atoms with Crippen molar-refractivity contribution in [3.8, 4) is 6.07 Å². The zero-order valence-corrected chi connectivity index (χ0v) is 11.5. The Balaban J connectivity index is 3.15. The molecule has 0 saturated carbocycles. The molecule has 0 unspecified atom stereocenters. The number of nitrogens with zero attached hydrogens (tertiary/aromatic N) is 1. The minimum absolute atomic E-state index is 0.152. The Bertz CT molecular complexity index is 463. The van der Waals surface area contributed by atoms with E-state index in [4.69, 9.17) is 10.00 Å². The van der Waals surface area contributed by atoms with E-state index in [0.717, 1.165) is 16.7 Å². The van der Waals surface area contributed by atoms with E-state index in [1.54, 1.807) is 13.0 Å². The van der Waals surface area contributed by atoms with Gasteiger partial charge in [0, 0.05) is 5.33 Å². The van der Waals surface area contributed by atoms with Crippen molar-refractivity contribution in [1.82, 2.24) is 0 Å². The number of benzene rings is 1. The van der Waals surface area contributed by atoms with Gasteiger partial charge in [0.05, 0.1) is 24.7 Å². The molecule has 0 aromatic heterocycles. The van der Waals surface area contributed by atoms with Crippen LogP contribution in [0.25, 0.3) is 0 Å². The van der Waals surface area contributed by atoms with Gasteiger partial charge in [-0.05, 0) is 36.6 Å². The third kappa shape index (κ3) is 3.31. The Labute approximate surface area is 110 Å². The van der Waals surface area contributed by atoms with Crippen LogP contribution in [0.2, 0.25) is 0 Å². The quantitative estimate of drug-likeness (QED) is 0.634. The molecular weight excluding hydrogens is 282 g/mol. The molecule has 0 aliphatic rings. The van der Waals surface area contributed by atoms with Gasteiger partial charge in [-0.2, -0.15) is 5.26 Å². The summed E-state index contributed by atoms with van der Waals surface area (Å²) < 4.78 is 4.92. The van der Waals surface area contributed by atoms with Crippen molar-refractivity contribution in [3.05, 3.63) is 34.4 Å². The highest BCUT2D eigenvalue weighted by Gasteiger charge is 2.14. The fourth-order valence-corrected chi connectivity index (χ4v) is 2.44. The van der Waals surface area contributed by atoms with Crippen LogP contribution < -0.4 is 0 Å². The topological polar surface area (TPSA) is 50.1 Å². The molecule has 0 fully saturated rings. The van der Waals surface area contributed by atoms with Crippen molar-refractivity contribution in [2.24, 2.45) is 0 Å². The molecule has 3 nitrogen and oxygen atoms in total. The number of halogens is 1. The molecule has 17 heavy (non-hydrogen) atoms. The third-order valence-electron chi connectivity index (χ3n) is 2.55. The maximum Gasteiger partial charge on any atom is 0.310 e. The van der Waals surface area contributed by atoms with Crippen LogP contribution in [0, 0.1) is 18.3 Å². The summed E-state index contributed by atoms with van der Waals surface area (Å²) in [6.45, 7) is 4.09. The van der Waals surface area contributed by atoms with Gasteiger partial charge in [-0.25, -0.2) is 0 Å². The van der Waals surface area contributed by atoms with Gasteiger partial charge in [0.15, 0.2) is 0 Å². The van der Waals surface area contributed by atoms with E-state index in [9.17, 15) is 4.79 Å². The number of rotatable bonds is 4. The number of hydrogen-bond donors (Lipinski definition) is 0. The van der Waals surface area contributed by atoms with Gasteiger partial charge in [-0.1, -0.05) is 22.0 Å². The highest BCUT2D eigenvalue weighted by atomic mass is 79.9. The van der Waals surface area contributed by atoms with Crippen LogP contribution in [0.3, 0.4) is 0 Å². The second kappa shape index (κ2) is 6.41. The molecule has 0 heterocycles. The molecule has 0 atom stereocenters. The molecule has 0 bridgehead atoms. The molecule has 0 N–H and O–H groups in total. The molecule has 1 aromatic rings. The average Bonchev–Trinajstić information content (AvgIpc) is 2.30. The number of alkyl halides is 1. The number of aryl methyl sites for hydroxylation is 1. The van der Waals surface area contributed by atoms with Crippen LogP contribution in [-0.2, 0) is 21.3 Å². The number of nitriles is 1. The van der Waals surface area contributed by atoms with Crippen LogP contribution in [-0.4, -0.2) is 12.6 Å². The first-order valence-electron chi connectivity index (χ1n) is 5.37. The molecule has 1 aromatic carbocycles. The predicted molar refractivity (Wildman–Crippen MR) is 68.9 cm³/mol. The van der Waals surface area contributed by atoms with Crippen molar-refractivity contribution >= 4 is 21.9 Å². The molecular formula is C13H14BrNO2. The number of esters is 1. The summed E-state index contributed by atoms with van der Waals surface area (Å²) in [5.41, 5.74) is 3.37. The molecule has 0 amide bonds. The van der Waals surface area contributed by atoms with Gasteiger partial charge in [-0.15, -0.1) is 0 Å². The monoisotopic (exact) mass is 295 g/mol. The molecule has 0 radical (unpaired) electrons. The van der Waals surface area contributed by atoms with Crippen molar-refractivity contribution in [2.75, 3.05) is 6.61 Å². The minimum Gasteiger partial charge on any atom is -0.466 e. The SMILES string of the molecule is CCOC(=O)Cc1c(C#N)ccc(C)c1CBr. The predicted octanol–water partition coefficient (Wildman–Crippen LogP) is 2.87. The van der Waals surface area contributed by atoms with E-state index < -0.39 is 0 Å². The Hall–Kier alpha value is -1.34. The largest absolute Gasteiger partial charge is 0.466 e. The summed E-state index contributed by atoms with van der Waals surface area (Å²) in [6.07, 6.45) is 0.152. The second-order valence-corrected chi connectivity index (χ2v) is 4.18. The molecule has 1 rings (SSSR count). The lowest BCUT2D eigenvalue weighted by molar-refractivity contribution is -0.142. The molecule has 90 valence electrons. The number of hydrogen-bond acceptors (Lipinski definition) is 3. The van der Waals surface area contributed by atoms with Gasteiger partial charge in [-0.3, -0.25) is 4.79 Å². The summed E-state index contributed by atoms with van der Waals surface area (Å²) in [4.78, 5) is 11.5. The molecule has 0 aliphatic heterocycles. The van der Waals surface area contributed by atoms with Crippen LogP contribution in [0.15, 0.2) is 12.1 Å². The summed E-state index contributed by atoms with van der Waals surface area (Å²) in [5.74, 6) is -0.295. The fraction of sp³-hybridized carbons (Fsp3) is 0.385. The van der Waals surface area contributed by atoms with Gasteiger partial charge in [0.25, 0.3) is 0 Å². The number of carbonyl (C=O) groups excluding carboxylic acids is 1. The van der Waals surface area contributed by atoms with Gasteiger partial charge < -0.3 is 4.74 Å². The second-order valence-electron chi connectivity index (χ2n) is 3.61. The highest BCUT2D eigenvalue weighted by molar-refractivity contribution is 9.08. The maximum atomic E-state index is 11.5. The van der Waals surface area contributed by atoms with Crippen LogP contribution >= 0.6 is 15.9 Å². The van der Waals surface area contributed by atoms with Crippen LogP contribution in [0.5, 0.6) is 0 Å². The Morgan fingerprint density at radius 1 is 1.47 bits per heavy atom. The fourth-order valence-electron chi connectivity index (χ4n) is 1.66. The summed E-state index contributed by atoms with van der Waals surface area (Å²) in [5, 5.41) is 9.68. The van der Waals surface area contributed by atoms with E-state index in [1.807, 2.05) is 13.0 Å². The van der Waals surface area contributed by atoms with E-state index >= 15 is 0 Å². The van der Waals surface area contributed by atoms with E-state index in [1.165, 1.54) is 0 Å². The lowest BCUT2D eigenvalue weighted by Gasteiger charge is -2.11. The first-order valence-corrected chi connectivity index (χ1v) is 6.49. The summed E-state index contributed by atoms with van der Waals surface area (Å²) in [7, 11) is 0.